The molecule has 0 amide bonds. The van der Waals surface area contributed by atoms with Crippen molar-refractivity contribution in [2.45, 2.75) is 52.4 Å². The van der Waals surface area contributed by atoms with E-state index in [0.29, 0.717) is 0 Å². The van der Waals surface area contributed by atoms with E-state index in [1.54, 1.807) is 7.11 Å². The Balaban J connectivity index is 3.68. The molecule has 0 aromatic heterocycles. The van der Waals surface area contributed by atoms with Crippen LogP contribution in [0.25, 0.3) is 0 Å². The summed E-state index contributed by atoms with van der Waals surface area (Å²) in [5.41, 5.74) is 6.69. The van der Waals surface area contributed by atoms with Gasteiger partial charge >= 0.3 is 113 Å². The fourth-order valence-corrected chi connectivity index (χ4v) is 2.28. The molecule has 1 aromatic carbocycles. The van der Waals surface area contributed by atoms with Gasteiger partial charge in [0, 0.05) is 0 Å². The second kappa shape index (κ2) is 5.08. The molecule has 0 saturated heterocycles. The van der Waals surface area contributed by atoms with Crippen molar-refractivity contribution in [3.05, 3.63) is 28.8 Å². The number of ether oxygens (including phenoxy) is 1. The zero-order valence-electron chi connectivity index (χ0n) is 12.5. The average Bonchev–Trinajstić information content (AvgIpc) is 2.24. The number of methoxy groups -OCH3 is 1. The predicted molar refractivity (Wildman–Crippen MR) is 80.3 cm³/mol. The number of hydrogen-bond donors (Lipinski definition) is 0. The van der Waals surface area contributed by atoms with Crippen LogP contribution in [-0.2, 0) is 10.8 Å². The first-order chi connectivity index (χ1) is 8.11. The first-order valence-electron chi connectivity index (χ1n) is 6.24. The molecular formula is C16H23OP. The minimum atomic E-state index is 0.0413. The van der Waals surface area contributed by atoms with Crippen molar-refractivity contribution in [3.8, 4) is 11.4 Å². The molecule has 1 aromatic rings. The normalized spacial score (nSPS) is 12.1. The van der Waals surface area contributed by atoms with Crippen LogP contribution in [0.3, 0.4) is 0 Å². The van der Waals surface area contributed by atoms with E-state index in [0.717, 1.165) is 11.3 Å². The summed E-state index contributed by atoms with van der Waals surface area (Å²) in [7, 11) is 6.00. The molecule has 2 heteroatoms. The summed E-state index contributed by atoms with van der Waals surface area (Å²) in [5.74, 6) is 0.900. The SMILES string of the molecule is COc1cc(C(C)(C)C)c(C#P)c(C(C)(C)C)c1. The van der Waals surface area contributed by atoms with Crippen LogP contribution < -0.4 is 4.74 Å². The molecule has 1 nitrogen and oxygen atoms in total. The number of rotatable bonds is 1. The summed E-state index contributed by atoms with van der Waals surface area (Å²) in [6, 6.07) is 4.18. The Bertz CT molecular complexity index is 446. The topological polar surface area (TPSA) is 9.23 Å². The van der Waals surface area contributed by atoms with Gasteiger partial charge in [-0.15, -0.1) is 0 Å². The van der Waals surface area contributed by atoms with Crippen molar-refractivity contribution in [2.75, 3.05) is 7.11 Å². The van der Waals surface area contributed by atoms with Gasteiger partial charge in [-0.05, 0) is 0 Å². The molecule has 0 fully saturated rings. The summed E-state index contributed by atoms with van der Waals surface area (Å²) in [5, 5.41) is 0. The second-order valence-corrected chi connectivity index (χ2v) is 6.93. The van der Waals surface area contributed by atoms with Gasteiger partial charge in [-0.3, -0.25) is 0 Å². The summed E-state index contributed by atoms with van der Waals surface area (Å²) in [4.78, 5) is 0. The molecule has 1 rings (SSSR count). The zero-order chi connectivity index (χ0) is 14.1. The van der Waals surface area contributed by atoms with Gasteiger partial charge in [-0.1, -0.05) is 0 Å². The van der Waals surface area contributed by atoms with Crippen LogP contribution in [-0.4, -0.2) is 7.11 Å². The van der Waals surface area contributed by atoms with Crippen molar-refractivity contribution in [1.82, 2.24) is 0 Å². The predicted octanol–water partition coefficient (Wildman–Crippen LogP) is 5.01. The second-order valence-electron chi connectivity index (χ2n) is 6.71. The molecule has 0 spiro atoms. The Labute approximate surface area is 113 Å². The molecular weight excluding hydrogens is 239 g/mol. The van der Waals surface area contributed by atoms with Crippen molar-refractivity contribution in [1.29, 1.82) is 0 Å². The molecule has 18 heavy (non-hydrogen) atoms. The first-order valence-corrected chi connectivity index (χ1v) is 6.69. The molecule has 0 atom stereocenters. The third-order valence-electron chi connectivity index (χ3n) is 3.08. The summed E-state index contributed by atoms with van der Waals surface area (Å²) in [6.45, 7) is 13.2. The average molecular weight is 262 g/mol. The van der Waals surface area contributed by atoms with Crippen LogP contribution in [0.5, 0.6) is 5.75 Å². The van der Waals surface area contributed by atoms with E-state index in [9.17, 15) is 0 Å². The zero-order valence-corrected chi connectivity index (χ0v) is 13.4. The Morgan fingerprint density at radius 2 is 1.33 bits per heavy atom. The summed E-state index contributed by atoms with van der Waals surface area (Å²) < 4.78 is 5.43. The van der Waals surface area contributed by atoms with Crippen LogP contribution in [0.15, 0.2) is 12.1 Å². The van der Waals surface area contributed by atoms with E-state index >= 15 is 0 Å². The van der Waals surface area contributed by atoms with Gasteiger partial charge in [0.15, 0.2) is 0 Å². The van der Waals surface area contributed by atoms with E-state index < -0.39 is 0 Å². The van der Waals surface area contributed by atoms with Crippen molar-refractivity contribution >= 4 is 8.70 Å². The molecule has 0 saturated carbocycles. The molecule has 98 valence electrons. The van der Waals surface area contributed by atoms with Gasteiger partial charge in [-0.25, -0.2) is 0 Å². The Morgan fingerprint density at radius 3 is 1.56 bits per heavy atom. The molecule has 0 N–H and O–H groups in total. The van der Waals surface area contributed by atoms with E-state index in [4.69, 9.17) is 4.74 Å². The number of benzene rings is 1. The molecule has 0 aliphatic heterocycles. The van der Waals surface area contributed by atoms with Crippen molar-refractivity contribution in [2.24, 2.45) is 0 Å². The van der Waals surface area contributed by atoms with E-state index in [1.807, 2.05) is 0 Å². The van der Waals surface area contributed by atoms with Gasteiger partial charge in [0.25, 0.3) is 0 Å². The summed E-state index contributed by atoms with van der Waals surface area (Å²) in [6.07, 6.45) is 0. The Kier molecular flexibility index (Phi) is 4.31. The van der Waals surface area contributed by atoms with Gasteiger partial charge in [-0.2, -0.15) is 0 Å². The molecule has 0 aliphatic carbocycles. The van der Waals surface area contributed by atoms with Crippen LogP contribution in [0.1, 0.15) is 58.2 Å². The molecule has 0 aliphatic rings. The van der Waals surface area contributed by atoms with Gasteiger partial charge in [0.1, 0.15) is 0 Å². The van der Waals surface area contributed by atoms with Crippen LogP contribution in [0, 0.1) is 5.63 Å². The van der Waals surface area contributed by atoms with Crippen molar-refractivity contribution in [3.63, 3.8) is 0 Å². The fourth-order valence-electron chi connectivity index (χ4n) is 2.04. The van der Waals surface area contributed by atoms with Crippen LogP contribution >= 0.6 is 8.70 Å². The molecule has 0 bridgehead atoms. The molecule has 0 unspecified atom stereocenters. The third kappa shape index (κ3) is 3.16. The van der Waals surface area contributed by atoms with Crippen molar-refractivity contribution < 1.29 is 4.74 Å². The maximum absolute atomic E-state index is 5.43. The Hall–Kier alpha value is -0.770. The third-order valence-corrected chi connectivity index (χ3v) is 3.30. The van der Waals surface area contributed by atoms with Gasteiger partial charge in [0.2, 0.25) is 0 Å². The van der Waals surface area contributed by atoms with Gasteiger partial charge < -0.3 is 0 Å². The maximum atomic E-state index is 5.43. The van der Waals surface area contributed by atoms with E-state index in [2.05, 4.69) is 68.0 Å². The molecule has 0 heterocycles. The monoisotopic (exact) mass is 262 g/mol. The first kappa shape index (κ1) is 15.3. The van der Waals surface area contributed by atoms with E-state index in [-0.39, 0.29) is 10.8 Å². The minimum absolute atomic E-state index is 0.0413. The standard InChI is InChI=1S/C16H23OP/c1-15(2,3)13-8-11(17-7)9-14(12(13)10-18)16(4,5)6/h8-9H,1-7H3. The van der Waals surface area contributed by atoms with Crippen LogP contribution in [0.4, 0.5) is 0 Å². The quantitative estimate of drug-likeness (QED) is 0.646. The molecule has 0 radical (unpaired) electrons. The van der Waals surface area contributed by atoms with Crippen LogP contribution in [0.2, 0.25) is 0 Å². The number of hydrogen-bond acceptors (Lipinski definition) is 1. The fraction of sp³-hybridized carbons (Fsp3) is 0.562. The summed E-state index contributed by atoms with van der Waals surface area (Å²) >= 11 is 0. The Morgan fingerprint density at radius 1 is 0.944 bits per heavy atom. The van der Waals surface area contributed by atoms with E-state index in [1.165, 1.54) is 11.1 Å². The van der Waals surface area contributed by atoms with Gasteiger partial charge in [0.05, 0.1) is 0 Å².